The van der Waals surface area contributed by atoms with Crippen molar-refractivity contribution in [3.05, 3.63) is 217 Å². The average Bonchev–Trinajstić information content (AvgIpc) is 3.59. The van der Waals surface area contributed by atoms with Crippen molar-refractivity contribution >= 4 is 21.5 Å². The summed E-state index contributed by atoms with van der Waals surface area (Å²) in [6, 6.07) is 66.0. The van der Waals surface area contributed by atoms with Crippen LogP contribution in [0, 0.1) is 0 Å². The summed E-state index contributed by atoms with van der Waals surface area (Å²) in [5.74, 6) is 3.57. The van der Waals surface area contributed by atoms with Crippen LogP contribution < -0.4 is 4.74 Å². The molecule has 5 heteroatoms. The van der Waals surface area contributed by atoms with Crippen LogP contribution in [-0.2, 0) is 5.41 Å². The molecule has 58 heavy (non-hydrogen) atoms. The first-order chi connectivity index (χ1) is 28.7. The maximum atomic E-state index is 6.60. The maximum Gasteiger partial charge on any atom is 0.164 e. The summed E-state index contributed by atoms with van der Waals surface area (Å²) >= 11 is 0. The molecule has 0 radical (unpaired) electrons. The molecule has 1 spiro atoms. The van der Waals surface area contributed by atoms with Crippen LogP contribution in [0.3, 0.4) is 0 Å². The normalized spacial score (nSPS) is 13.1. The molecule has 0 atom stereocenters. The summed E-state index contributed by atoms with van der Waals surface area (Å²) in [7, 11) is 0. The number of nitrogens with zero attached hydrogens (tertiary/aromatic N) is 4. The van der Waals surface area contributed by atoms with Crippen LogP contribution in [0.25, 0.3) is 78.1 Å². The van der Waals surface area contributed by atoms with Gasteiger partial charge in [-0.2, -0.15) is 0 Å². The quantitative estimate of drug-likeness (QED) is 0.180. The van der Waals surface area contributed by atoms with Crippen molar-refractivity contribution < 1.29 is 4.74 Å². The zero-order valence-corrected chi connectivity index (χ0v) is 31.2. The van der Waals surface area contributed by atoms with Gasteiger partial charge in [0.25, 0.3) is 0 Å². The van der Waals surface area contributed by atoms with Crippen molar-refractivity contribution in [1.82, 2.24) is 19.9 Å². The van der Waals surface area contributed by atoms with Gasteiger partial charge < -0.3 is 4.74 Å². The van der Waals surface area contributed by atoms with Gasteiger partial charge in [0.05, 0.1) is 11.1 Å². The van der Waals surface area contributed by atoms with E-state index in [0.29, 0.717) is 17.5 Å². The number of ether oxygens (including phenoxy) is 1. The van der Waals surface area contributed by atoms with Gasteiger partial charge in [0.1, 0.15) is 11.5 Å². The standard InChI is InChI=1S/C53H32N4O/c1-2-13-35-30-37(27-24-33(35)12-1)50-55-51(38-28-25-34-23-26-36(31-39(34)32-38)46-20-9-10-29-54-46)57-52(56-50)41-15-11-19-45-49(41)40-14-3-4-16-42(40)53(45)43-17-5-7-21-47(43)58-48-22-8-6-18-44(48)53/h1-32H. The topological polar surface area (TPSA) is 60.8 Å². The molecule has 2 aliphatic rings. The number of fused-ring (bicyclic) bond motifs is 11. The van der Waals surface area contributed by atoms with E-state index in [1.165, 1.54) is 16.5 Å². The largest absolute Gasteiger partial charge is 0.457 e. The number of hydrogen-bond donors (Lipinski definition) is 0. The first-order valence-corrected chi connectivity index (χ1v) is 19.5. The van der Waals surface area contributed by atoms with Gasteiger partial charge in [-0.15, -0.1) is 0 Å². The van der Waals surface area contributed by atoms with Gasteiger partial charge in [0.15, 0.2) is 17.5 Å². The summed E-state index contributed by atoms with van der Waals surface area (Å²) in [6.45, 7) is 0. The van der Waals surface area contributed by atoms with Crippen LogP contribution >= 0.6 is 0 Å². The molecule has 8 aromatic carbocycles. The molecule has 0 fully saturated rings. The highest BCUT2D eigenvalue weighted by atomic mass is 16.5. The lowest BCUT2D eigenvalue weighted by molar-refractivity contribution is 0.436. The van der Waals surface area contributed by atoms with Gasteiger partial charge in [-0.25, -0.2) is 15.0 Å². The molecule has 0 saturated carbocycles. The molecule has 270 valence electrons. The van der Waals surface area contributed by atoms with Crippen LogP contribution in [0.4, 0.5) is 0 Å². The van der Waals surface area contributed by atoms with E-state index in [1.807, 2.05) is 36.5 Å². The van der Waals surface area contributed by atoms with Crippen molar-refractivity contribution in [2.45, 2.75) is 5.41 Å². The second kappa shape index (κ2) is 12.6. The number of pyridine rings is 1. The molecule has 3 heterocycles. The molecule has 0 N–H and O–H groups in total. The fourth-order valence-corrected chi connectivity index (χ4v) is 9.25. The minimum absolute atomic E-state index is 0.603. The van der Waals surface area contributed by atoms with E-state index in [-0.39, 0.29) is 0 Å². The lowest BCUT2D eigenvalue weighted by atomic mass is 9.66. The smallest absolute Gasteiger partial charge is 0.164 e. The zero-order chi connectivity index (χ0) is 38.2. The molecule has 2 aromatic heterocycles. The monoisotopic (exact) mass is 740 g/mol. The third-order valence-corrected chi connectivity index (χ3v) is 11.8. The Morgan fingerprint density at radius 3 is 1.62 bits per heavy atom. The van der Waals surface area contributed by atoms with Crippen molar-refractivity contribution in [3.8, 4) is 68.0 Å². The summed E-state index contributed by atoms with van der Waals surface area (Å²) in [5, 5.41) is 4.51. The van der Waals surface area contributed by atoms with Crippen LogP contribution in [0.2, 0.25) is 0 Å². The van der Waals surface area contributed by atoms with E-state index in [1.54, 1.807) is 0 Å². The van der Waals surface area contributed by atoms with Crippen molar-refractivity contribution in [2.24, 2.45) is 0 Å². The first-order valence-electron chi connectivity index (χ1n) is 19.5. The zero-order valence-electron chi connectivity index (χ0n) is 31.2. The van der Waals surface area contributed by atoms with E-state index in [2.05, 4.69) is 163 Å². The van der Waals surface area contributed by atoms with E-state index in [4.69, 9.17) is 19.7 Å². The number of hydrogen-bond acceptors (Lipinski definition) is 5. The molecule has 0 saturated heterocycles. The number of aromatic nitrogens is 4. The second-order valence-electron chi connectivity index (χ2n) is 15.0. The molecule has 0 bridgehead atoms. The molecule has 12 rings (SSSR count). The van der Waals surface area contributed by atoms with Crippen LogP contribution in [-0.4, -0.2) is 19.9 Å². The predicted octanol–water partition coefficient (Wildman–Crippen LogP) is 12.7. The first kappa shape index (κ1) is 32.5. The Labute approximate surface area is 335 Å². The maximum absolute atomic E-state index is 6.60. The van der Waals surface area contributed by atoms with Gasteiger partial charge in [0, 0.05) is 39.6 Å². The van der Waals surface area contributed by atoms with Crippen LogP contribution in [0.15, 0.2) is 194 Å². The molecule has 1 aliphatic heterocycles. The Hall–Kier alpha value is -7.76. The average molecular weight is 741 g/mol. The number of rotatable bonds is 4. The Morgan fingerprint density at radius 2 is 0.897 bits per heavy atom. The van der Waals surface area contributed by atoms with Gasteiger partial charge in [0.2, 0.25) is 0 Å². The third-order valence-electron chi connectivity index (χ3n) is 11.8. The fraction of sp³-hybridized carbons (Fsp3) is 0.0189. The SMILES string of the molecule is c1ccc(-c2ccc3ccc(-c4nc(-c5ccc6ccccc6c5)nc(-c5cccc6c5-c5ccccc5C65c6ccccc6Oc6ccccc65)n4)cc3c2)nc1. The fourth-order valence-electron chi connectivity index (χ4n) is 9.25. The summed E-state index contributed by atoms with van der Waals surface area (Å²) in [5.41, 5.74) is 11.1. The Bertz CT molecular complexity index is 3240. The van der Waals surface area contributed by atoms with E-state index in [9.17, 15) is 0 Å². The highest BCUT2D eigenvalue weighted by molar-refractivity contribution is 5.96. The van der Waals surface area contributed by atoms with E-state index >= 15 is 0 Å². The molecule has 5 nitrogen and oxygen atoms in total. The number of benzene rings is 8. The van der Waals surface area contributed by atoms with Crippen molar-refractivity contribution in [3.63, 3.8) is 0 Å². The summed E-state index contributed by atoms with van der Waals surface area (Å²) in [6.07, 6.45) is 1.83. The van der Waals surface area contributed by atoms with Crippen molar-refractivity contribution in [1.29, 1.82) is 0 Å². The molecular formula is C53H32N4O. The van der Waals surface area contributed by atoms with Crippen molar-refractivity contribution in [2.75, 3.05) is 0 Å². The van der Waals surface area contributed by atoms with Crippen LogP contribution in [0.5, 0.6) is 11.5 Å². The number of para-hydroxylation sites is 2. The molecule has 10 aromatic rings. The molecule has 1 aliphatic carbocycles. The Balaban J connectivity index is 1.11. The lowest BCUT2D eigenvalue weighted by Gasteiger charge is -2.39. The third kappa shape index (κ3) is 4.83. The molecular weight excluding hydrogens is 709 g/mol. The van der Waals surface area contributed by atoms with Gasteiger partial charge in [-0.3, -0.25) is 4.98 Å². The van der Waals surface area contributed by atoms with Gasteiger partial charge >= 0.3 is 0 Å². The minimum Gasteiger partial charge on any atom is -0.457 e. The lowest BCUT2D eigenvalue weighted by Crippen LogP contribution is -2.32. The minimum atomic E-state index is -0.603. The summed E-state index contributed by atoms with van der Waals surface area (Å²) < 4.78 is 6.60. The highest BCUT2D eigenvalue weighted by Gasteiger charge is 2.51. The highest BCUT2D eigenvalue weighted by Crippen LogP contribution is 2.63. The Kier molecular flexibility index (Phi) is 7.07. The van der Waals surface area contributed by atoms with E-state index < -0.39 is 5.41 Å². The van der Waals surface area contributed by atoms with Gasteiger partial charge in [-0.1, -0.05) is 146 Å². The predicted molar refractivity (Wildman–Crippen MR) is 232 cm³/mol. The Morgan fingerprint density at radius 1 is 0.362 bits per heavy atom. The second-order valence-corrected chi connectivity index (χ2v) is 15.0. The summed E-state index contributed by atoms with van der Waals surface area (Å²) in [4.78, 5) is 20.5. The van der Waals surface area contributed by atoms with Crippen LogP contribution in [0.1, 0.15) is 22.3 Å². The van der Waals surface area contributed by atoms with Gasteiger partial charge in [-0.05, 0) is 86.3 Å². The molecule has 0 amide bonds. The molecule has 0 unspecified atom stereocenters. The van der Waals surface area contributed by atoms with E-state index in [0.717, 1.165) is 77.9 Å².